The fourth-order valence-electron chi connectivity index (χ4n) is 1.35. The normalized spacial score (nSPS) is 13.7. The molecule has 0 bridgehead atoms. The van der Waals surface area contributed by atoms with Crippen LogP contribution in [0.5, 0.6) is 0 Å². The van der Waals surface area contributed by atoms with Crippen LogP contribution >= 0.6 is 11.6 Å². The Morgan fingerprint density at radius 3 is 2.81 bits per heavy atom. The number of aromatic nitrogens is 1. The molecule has 0 spiro atoms. The van der Waals surface area contributed by atoms with E-state index >= 15 is 0 Å². The number of hydrogen-bond acceptors (Lipinski definition) is 4. The van der Waals surface area contributed by atoms with Gasteiger partial charge in [0, 0.05) is 30.6 Å². The van der Waals surface area contributed by atoms with E-state index in [0.29, 0.717) is 11.7 Å². The zero-order valence-electron chi connectivity index (χ0n) is 9.27. The van der Waals surface area contributed by atoms with Gasteiger partial charge in [0.05, 0.1) is 5.75 Å². The molecule has 1 N–H and O–H groups in total. The zero-order chi connectivity index (χ0) is 12.2. The summed E-state index contributed by atoms with van der Waals surface area (Å²) in [6.07, 6.45) is 2.84. The van der Waals surface area contributed by atoms with Gasteiger partial charge in [-0.05, 0) is 13.0 Å². The van der Waals surface area contributed by atoms with Crippen molar-refractivity contribution in [3.63, 3.8) is 0 Å². The van der Waals surface area contributed by atoms with Crippen LogP contribution in [0.4, 0.5) is 0 Å². The molecule has 0 radical (unpaired) electrons. The van der Waals surface area contributed by atoms with Crippen LogP contribution in [0.2, 0.25) is 5.15 Å². The van der Waals surface area contributed by atoms with Crippen LogP contribution in [-0.2, 0) is 16.4 Å². The van der Waals surface area contributed by atoms with Crippen LogP contribution in [0.3, 0.4) is 0 Å². The first-order valence-electron chi connectivity index (χ1n) is 4.89. The predicted octanol–water partition coefficient (Wildman–Crippen LogP) is 1.26. The van der Waals surface area contributed by atoms with Gasteiger partial charge < -0.3 is 5.32 Å². The Morgan fingerprint density at radius 1 is 1.56 bits per heavy atom. The standard InChI is InChI=1S/C10H15ClN2O2S/c1-8(7-16(2,14)15)13-6-9-4-3-5-12-10(9)11/h3-5,8,13H,6-7H2,1-2H3. The lowest BCUT2D eigenvalue weighted by atomic mass is 10.2. The minimum atomic E-state index is -2.95. The number of nitrogens with one attached hydrogen (secondary N) is 1. The Hall–Kier alpha value is -0.650. The fraction of sp³-hybridized carbons (Fsp3) is 0.500. The van der Waals surface area contributed by atoms with Gasteiger partial charge in [0.15, 0.2) is 0 Å². The van der Waals surface area contributed by atoms with Crippen molar-refractivity contribution in [2.45, 2.75) is 19.5 Å². The van der Waals surface area contributed by atoms with Gasteiger partial charge in [-0.25, -0.2) is 13.4 Å². The van der Waals surface area contributed by atoms with Crippen molar-refractivity contribution in [1.29, 1.82) is 0 Å². The van der Waals surface area contributed by atoms with Gasteiger partial charge in [0.25, 0.3) is 0 Å². The molecule has 1 aromatic rings. The van der Waals surface area contributed by atoms with Crippen LogP contribution in [0.25, 0.3) is 0 Å². The molecular formula is C10H15ClN2O2S. The Labute approximate surface area is 101 Å². The van der Waals surface area contributed by atoms with Gasteiger partial charge in [0.1, 0.15) is 15.0 Å². The highest BCUT2D eigenvalue weighted by Crippen LogP contribution is 2.11. The molecule has 0 aromatic carbocycles. The first kappa shape index (κ1) is 13.4. The molecule has 4 nitrogen and oxygen atoms in total. The van der Waals surface area contributed by atoms with E-state index in [1.54, 1.807) is 12.3 Å². The highest BCUT2D eigenvalue weighted by atomic mass is 35.5. The lowest BCUT2D eigenvalue weighted by molar-refractivity contribution is 0.560. The van der Waals surface area contributed by atoms with E-state index in [1.807, 2.05) is 13.0 Å². The van der Waals surface area contributed by atoms with Crippen molar-refractivity contribution in [2.75, 3.05) is 12.0 Å². The highest BCUT2D eigenvalue weighted by Gasteiger charge is 2.10. The molecule has 6 heteroatoms. The van der Waals surface area contributed by atoms with Crippen molar-refractivity contribution in [3.05, 3.63) is 29.0 Å². The summed E-state index contributed by atoms with van der Waals surface area (Å²) in [7, 11) is -2.95. The second kappa shape index (κ2) is 5.61. The lowest BCUT2D eigenvalue weighted by Crippen LogP contribution is -2.32. The third-order valence-electron chi connectivity index (χ3n) is 2.03. The van der Waals surface area contributed by atoms with E-state index in [9.17, 15) is 8.42 Å². The molecule has 1 rings (SSSR count). The van der Waals surface area contributed by atoms with Crippen LogP contribution in [0.15, 0.2) is 18.3 Å². The number of rotatable bonds is 5. The molecule has 1 aromatic heterocycles. The summed E-state index contributed by atoms with van der Waals surface area (Å²) < 4.78 is 22.1. The highest BCUT2D eigenvalue weighted by molar-refractivity contribution is 7.90. The second-order valence-electron chi connectivity index (χ2n) is 3.83. The van der Waals surface area contributed by atoms with E-state index in [4.69, 9.17) is 11.6 Å². The average molecular weight is 263 g/mol. The minimum Gasteiger partial charge on any atom is -0.309 e. The maximum atomic E-state index is 11.0. The summed E-state index contributed by atoms with van der Waals surface area (Å²) in [6, 6.07) is 3.55. The fourth-order valence-corrected chi connectivity index (χ4v) is 2.56. The first-order chi connectivity index (χ1) is 7.38. The van der Waals surface area contributed by atoms with E-state index < -0.39 is 9.84 Å². The summed E-state index contributed by atoms with van der Waals surface area (Å²) >= 11 is 5.87. The average Bonchev–Trinajstić information content (AvgIpc) is 2.14. The molecule has 1 unspecified atom stereocenters. The number of sulfone groups is 1. The van der Waals surface area contributed by atoms with Crippen molar-refractivity contribution in [3.8, 4) is 0 Å². The third kappa shape index (κ3) is 4.92. The van der Waals surface area contributed by atoms with E-state index in [-0.39, 0.29) is 11.8 Å². The Bertz CT molecular complexity index is 448. The van der Waals surface area contributed by atoms with E-state index in [1.165, 1.54) is 6.26 Å². The molecule has 90 valence electrons. The monoisotopic (exact) mass is 262 g/mol. The Kier molecular flexibility index (Phi) is 4.70. The van der Waals surface area contributed by atoms with Crippen molar-refractivity contribution in [2.24, 2.45) is 0 Å². The number of pyridine rings is 1. The lowest BCUT2D eigenvalue weighted by Gasteiger charge is -2.12. The Morgan fingerprint density at radius 2 is 2.25 bits per heavy atom. The second-order valence-corrected chi connectivity index (χ2v) is 6.37. The minimum absolute atomic E-state index is 0.105. The van der Waals surface area contributed by atoms with Gasteiger partial charge in [-0.2, -0.15) is 0 Å². The number of hydrogen-bond donors (Lipinski definition) is 1. The smallest absolute Gasteiger partial charge is 0.148 e. The van der Waals surface area contributed by atoms with Crippen molar-refractivity contribution < 1.29 is 8.42 Å². The molecule has 0 fully saturated rings. The van der Waals surface area contributed by atoms with E-state index in [0.717, 1.165) is 5.56 Å². The maximum Gasteiger partial charge on any atom is 0.148 e. The van der Waals surface area contributed by atoms with Gasteiger partial charge in [-0.15, -0.1) is 0 Å². The van der Waals surface area contributed by atoms with Gasteiger partial charge in [-0.1, -0.05) is 17.7 Å². The largest absolute Gasteiger partial charge is 0.309 e. The molecule has 0 aliphatic rings. The molecule has 0 aliphatic heterocycles. The molecule has 0 saturated heterocycles. The molecule has 16 heavy (non-hydrogen) atoms. The van der Waals surface area contributed by atoms with Crippen molar-refractivity contribution >= 4 is 21.4 Å². The quantitative estimate of drug-likeness (QED) is 0.812. The first-order valence-corrected chi connectivity index (χ1v) is 7.33. The molecular weight excluding hydrogens is 248 g/mol. The van der Waals surface area contributed by atoms with Crippen LogP contribution in [-0.4, -0.2) is 31.5 Å². The molecule has 0 amide bonds. The topological polar surface area (TPSA) is 59.1 Å². The molecule has 0 saturated carbocycles. The maximum absolute atomic E-state index is 11.0. The molecule has 0 aliphatic carbocycles. The van der Waals surface area contributed by atoms with Gasteiger partial charge >= 0.3 is 0 Å². The number of halogens is 1. The summed E-state index contributed by atoms with van der Waals surface area (Å²) in [5.41, 5.74) is 0.865. The van der Waals surface area contributed by atoms with Crippen molar-refractivity contribution in [1.82, 2.24) is 10.3 Å². The Balaban J connectivity index is 2.49. The molecule has 1 heterocycles. The van der Waals surface area contributed by atoms with Gasteiger partial charge in [-0.3, -0.25) is 0 Å². The van der Waals surface area contributed by atoms with Crippen LogP contribution in [0.1, 0.15) is 12.5 Å². The van der Waals surface area contributed by atoms with Crippen LogP contribution < -0.4 is 5.32 Å². The van der Waals surface area contributed by atoms with Gasteiger partial charge in [0.2, 0.25) is 0 Å². The third-order valence-corrected chi connectivity index (χ3v) is 3.48. The summed E-state index contributed by atoms with van der Waals surface area (Å²) in [4.78, 5) is 3.94. The number of nitrogens with zero attached hydrogens (tertiary/aromatic N) is 1. The summed E-state index contributed by atoms with van der Waals surface area (Å²) in [5.74, 6) is 0.116. The van der Waals surface area contributed by atoms with Crippen LogP contribution in [0, 0.1) is 0 Å². The summed E-state index contributed by atoms with van der Waals surface area (Å²) in [6.45, 7) is 2.34. The SMILES string of the molecule is CC(CS(C)(=O)=O)NCc1cccnc1Cl. The predicted molar refractivity (Wildman–Crippen MR) is 65.3 cm³/mol. The van der Waals surface area contributed by atoms with E-state index in [2.05, 4.69) is 10.3 Å². The summed E-state index contributed by atoms with van der Waals surface area (Å²) in [5, 5.41) is 3.54. The molecule has 1 atom stereocenters. The zero-order valence-corrected chi connectivity index (χ0v) is 10.8.